The molecule has 3 aromatic rings. The van der Waals surface area contributed by atoms with Crippen molar-refractivity contribution < 1.29 is 22.4 Å². The van der Waals surface area contributed by atoms with Gasteiger partial charge in [0.1, 0.15) is 11.4 Å². The summed E-state index contributed by atoms with van der Waals surface area (Å²) in [6.45, 7) is 6.66. The highest BCUT2D eigenvalue weighted by Gasteiger charge is 2.31. The standard InChI is InChI=1S/C24H27F3N4O2/c25-24(26,27)32-21-9-7-19(8-10-21)23-17-22(33-29-23)18-28-11-4-12-30-13-15-31(16-14-30)20-5-2-1-3-6-20/h1-3,5-10,17,28H,4,11-16,18H2. The van der Waals surface area contributed by atoms with Gasteiger partial charge < -0.3 is 19.5 Å². The number of hydrogen-bond donors (Lipinski definition) is 1. The minimum Gasteiger partial charge on any atom is -0.406 e. The molecule has 2 heterocycles. The molecule has 1 aliphatic heterocycles. The predicted molar refractivity (Wildman–Crippen MR) is 120 cm³/mol. The summed E-state index contributed by atoms with van der Waals surface area (Å²) in [6, 6.07) is 17.9. The molecule has 6 nitrogen and oxygen atoms in total. The number of nitrogens with one attached hydrogen (secondary N) is 1. The first-order valence-corrected chi connectivity index (χ1v) is 11.0. The molecule has 2 aromatic carbocycles. The normalized spacial score (nSPS) is 15.1. The average Bonchev–Trinajstić information content (AvgIpc) is 3.28. The Kier molecular flexibility index (Phi) is 7.51. The Labute approximate surface area is 190 Å². The molecule has 4 rings (SSSR count). The molecular formula is C24H27F3N4O2. The lowest BCUT2D eigenvalue weighted by molar-refractivity contribution is -0.274. The summed E-state index contributed by atoms with van der Waals surface area (Å²) in [5.74, 6) is 0.412. The van der Waals surface area contributed by atoms with Crippen LogP contribution in [0.3, 0.4) is 0 Å². The first-order valence-electron chi connectivity index (χ1n) is 11.0. The lowest BCUT2D eigenvalue weighted by Gasteiger charge is -2.36. The van der Waals surface area contributed by atoms with Crippen molar-refractivity contribution in [2.45, 2.75) is 19.3 Å². The van der Waals surface area contributed by atoms with E-state index in [4.69, 9.17) is 4.52 Å². The van der Waals surface area contributed by atoms with Crippen molar-refractivity contribution >= 4 is 5.69 Å². The summed E-state index contributed by atoms with van der Waals surface area (Å²) in [6.07, 6.45) is -3.67. The zero-order chi connectivity index (χ0) is 23.1. The molecule has 0 atom stereocenters. The topological polar surface area (TPSA) is 53.8 Å². The molecule has 0 bridgehead atoms. The maximum Gasteiger partial charge on any atom is 0.573 e. The number of benzene rings is 2. The highest BCUT2D eigenvalue weighted by atomic mass is 19.4. The summed E-state index contributed by atoms with van der Waals surface area (Å²) in [5, 5.41) is 7.36. The van der Waals surface area contributed by atoms with E-state index >= 15 is 0 Å². The molecule has 0 aliphatic carbocycles. The fourth-order valence-electron chi connectivity index (χ4n) is 3.87. The molecule has 0 radical (unpaired) electrons. The molecule has 0 saturated carbocycles. The molecule has 0 amide bonds. The first kappa shape index (κ1) is 23.1. The number of nitrogens with zero attached hydrogens (tertiary/aromatic N) is 3. The van der Waals surface area contributed by atoms with Gasteiger partial charge in [-0.1, -0.05) is 23.4 Å². The lowest BCUT2D eigenvalue weighted by atomic mass is 10.1. The van der Waals surface area contributed by atoms with E-state index in [1.165, 1.54) is 30.0 Å². The van der Waals surface area contributed by atoms with Crippen LogP contribution in [0.4, 0.5) is 18.9 Å². The molecule has 33 heavy (non-hydrogen) atoms. The number of ether oxygens (including phenoxy) is 1. The predicted octanol–water partition coefficient (Wildman–Crippen LogP) is 4.54. The summed E-state index contributed by atoms with van der Waals surface area (Å²) in [7, 11) is 0. The van der Waals surface area contributed by atoms with Crippen LogP contribution in [-0.4, -0.2) is 55.7 Å². The second kappa shape index (κ2) is 10.7. The van der Waals surface area contributed by atoms with E-state index < -0.39 is 6.36 Å². The van der Waals surface area contributed by atoms with Crippen LogP contribution in [0.25, 0.3) is 11.3 Å². The Morgan fingerprint density at radius 3 is 2.39 bits per heavy atom. The Balaban J connectivity index is 1.14. The summed E-state index contributed by atoms with van der Waals surface area (Å²) in [5.41, 5.74) is 2.52. The van der Waals surface area contributed by atoms with E-state index in [-0.39, 0.29) is 5.75 Å². The third-order valence-electron chi connectivity index (χ3n) is 5.56. The van der Waals surface area contributed by atoms with Crippen LogP contribution < -0.4 is 15.0 Å². The molecular weight excluding hydrogens is 433 g/mol. The SMILES string of the molecule is FC(F)(F)Oc1ccc(-c2cc(CNCCCN3CCN(c4ccccc4)CC3)on2)cc1. The third kappa shape index (κ3) is 6.97. The molecule has 0 spiro atoms. The van der Waals surface area contributed by atoms with Crippen molar-refractivity contribution in [3.8, 4) is 17.0 Å². The van der Waals surface area contributed by atoms with Crippen LogP contribution in [0.15, 0.2) is 65.2 Å². The number of piperazine rings is 1. The number of hydrogen-bond acceptors (Lipinski definition) is 6. The Morgan fingerprint density at radius 2 is 1.70 bits per heavy atom. The molecule has 1 aliphatic rings. The second-order valence-corrected chi connectivity index (χ2v) is 7.95. The van der Waals surface area contributed by atoms with Crippen LogP contribution in [-0.2, 0) is 6.54 Å². The van der Waals surface area contributed by atoms with Crippen molar-refractivity contribution in [2.75, 3.05) is 44.2 Å². The minimum absolute atomic E-state index is 0.266. The number of halogens is 3. The van der Waals surface area contributed by atoms with Gasteiger partial charge in [0, 0.05) is 43.5 Å². The Hall–Kier alpha value is -3.04. The average molecular weight is 461 g/mol. The van der Waals surface area contributed by atoms with E-state index in [9.17, 15) is 13.2 Å². The quantitative estimate of drug-likeness (QED) is 0.473. The molecule has 1 N–H and O–H groups in total. The van der Waals surface area contributed by atoms with E-state index in [1.807, 2.05) is 6.07 Å². The van der Waals surface area contributed by atoms with E-state index in [0.717, 1.165) is 45.7 Å². The van der Waals surface area contributed by atoms with Gasteiger partial charge in [0.25, 0.3) is 0 Å². The van der Waals surface area contributed by atoms with Gasteiger partial charge in [0.15, 0.2) is 5.76 Å². The van der Waals surface area contributed by atoms with Gasteiger partial charge in [0.2, 0.25) is 0 Å². The van der Waals surface area contributed by atoms with E-state index in [1.54, 1.807) is 6.07 Å². The number of aromatic nitrogens is 1. The smallest absolute Gasteiger partial charge is 0.406 e. The van der Waals surface area contributed by atoms with Crippen LogP contribution in [0.5, 0.6) is 5.75 Å². The van der Waals surface area contributed by atoms with Crippen LogP contribution in [0, 0.1) is 0 Å². The molecule has 1 saturated heterocycles. The molecule has 1 aromatic heterocycles. The summed E-state index contributed by atoms with van der Waals surface area (Å²) < 4.78 is 46.0. The van der Waals surface area contributed by atoms with Gasteiger partial charge >= 0.3 is 6.36 Å². The highest BCUT2D eigenvalue weighted by molar-refractivity contribution is 5.59. The molecule has 1 fully saturated rings. The number of rotatable bonds is 9. The van der Waals surface area contributed by atoms with Gasteiger partial charge in [0.05, 0.1) is 6.54 Å². The maximum absolute atomic E-state index is 12.3. The summed E-state index contributed by atoms with van der Waals surface area (Å²) in [4.78, 5) is 4.91. The van der Waals surface area contributed by atoms with Gasteiger partial charge in [-0.3, -0.25) is 4.90 Å². The van der Waals surface area contributed by atoms with Crippen molar-refractivity contribution in [1.82, 2.24) is 15.4 Å². The van der Waals surface area contributed by atoms with Crippen LogP contribution in [0.1, 0.15) is 12.2 Å². The number of alkyl halides is 3. The fraction of sp³-hybridized carbons (Fsp3) is 0.375. The highest BCUT2D eigenvalue weighted by Crippen LogP contribution is 2.26. The van der Waals surface area contributed by atoms with Gasteiger partial charge in [-0.15, -0.1) is 13.2 Å². The lowest BCUT2D eigenvalue weighted by Crippen LogP contribution is -2.46. The maximum atomic E-state index is 12.3. The van der Waals surface area contributed by atoms with E-state index in [2.05, 4.69) is 49.3 Å². The zero-order valence-corrected chi connectivity index (χ0v) is 18.2. The Bertz CT molecular complexity index is 985. The minimum atomic E-state index is -4.70. The van der Waals surface area contributed by atoms with Crippen LogP contribution >= 0.6 is 0 Å². The first-order chi connectivity index (χ1) is 16.0. The second-order valence-electron chi connectivity index (χ2n) is 7.95. The third-order valence-corrected chi connectivity index (χ3v) is 5.56. The van der Waals surface area contributed by atoms with Gasteiger partial charge in [-0.2, -0.15) is 0 Å². The molecule has 0 unspecified atom stereocenters. The fourth-order valence-corrected chi connectivity index (χ4v) is 3.87. The number of para-hydroxylation sites is 1. The summed E-state index contributed by atoms with van der Waals surface area (Å²) >= 11 is 0. The Morgan fingerprint density at radius 1 is 0.970 bits per heavy atom. The number of anilines is 1. The van der Waals surface area contributed by atoms with Crippen molar-refractivity contribution in [2.24, 2.45) is 0 Å². The largest absolute Gasteiger partial charge is 0.573 e. The van der Waals surface area contributed by atoms with Gasteiger partial charge in [-0.05, 0) is 55.9 Å². The van der Waals surface area contributed by atoms with Crippen molar-refractivity contribution in [1.29, 1.82) is 0 Å². The van der Waals surface area contributed by atoms with Gasteiger partial charge in [-0.25, -0.2) is 0 Å². The zero-order valence-electron chi connectivity index (χ0n) is 18.2. The van der Waals surface area contributed by atoms with Crippen LogP contribution in [0.2, 0.25) is 0 Å². The molecule has 9 heteroatoms. The van der Waals surface area contributed by atoms with E-state index in [0.29, 0.717) is 23.6 Å². The van der Waals surface area contributed by atoms with Crippen molar-refractivity contribution in [3.63, 3.8) is 0 Å². The monoisotopic (exact) mass is 460 g/mol. The molecule has 176 valence electrons. The van der Waals surface area contributed by atoms with Crippen molar-refractivity contribution in [3.05, 3.63) is 66.4 Å².